The van der Waals surface area contributed by atoms with Crippen LogP contribution in [0.25, 0.3) is 0 Å². The van der Waals surface area contributed by atoms with Crippen molar-refractivity contribution < 1.29 is 4.74 Å². The lowest BCUT2D eigenvalue weighted by Crippen LogP contribution is -1.93. The molecule has 2 rings (SSSR count). The van der Waals surface area contributed by atoms with E-state index in [9.17, 15) is 0 Å². The van der Waals surface area contributed by atoms with E-state index in [1.54, 1.807) is 7.11 Å². The highest BCUT2D eigenvalue weighted by Gasteiger charge is 2.05. The second kappa shape index (κ2) is 4.14. The summed E-state index contributed by atoms with van der Waals surface area (Å²) in [6, 6.07) is 8.24. The number of benzene rings is 1. The summed E-state index contributed by atoms with van der Waals surface area (Å²) in [5, 5.41) is 0. The van der Waals surface area contributed by atoms with Gasteiger partial charge in [-0.3, -0.25) is 0 Å². The maximum absolute atomic E-state index is 5.12. The minimum Gasteiger partial charge on any atom is -0.497 e. The zero-order valence-electron chi connectivity index (χ0n) is 8.31. The molecule has 72 valence electrons. The third-order valence-electron chi connectivity index (χ3n) is 2.46. The maximum atomic E-state index is 5.12. The number of hydrogen-bond donors (Lipinski definition) is 0. The van der Waals surface area contributed by atoms with E-state index in [-0.39, 0.29) is 0 Å². The summed E-state index contributed by atoms with van der Waals surface area (Å²) < 4.78 is 5.12. The average Bonchev–Trinajstić information content (AvgIpc) is 2.30. The van der Waals surface area contributed by atoms with Crippen LogP contribution in [0.4, 0.5) is 0 Å². The summed E-state index contributed by atoms with van der Waals surface area (Å²) in [5.74, 6) is 1.35. The van der Waals surface area contributed by atoms with E-state index >= 15 is 0 Å². The molecular formula is C13H14O. The van der Waals surface area contributed by atoms with Gasteiger partial charge in [0.2, 0.25) is 0 Å². The summed E-state index contributed by atoms with van der Waals surface area (Å²) in [7, 11) is 1.69. The molecule has 0 atom stereocenters. The quantitative estimate of drug-likeness (QED) is 0.644. The monoisotopic (exact) mass is 186 g/mol. The normalized spacial score (nSPS) is 15.8. The molecule has 0 fully saturated rings. The number of methoxy groups -OCH3 is 1. The Hall–Kier alpha value is -1.50. The van der Waals surface area contributed by atoms with Crippen LogP contribution in [-0.2, 0) is 0 Å². The first-order valence-corrected chi connectivity index (χ1v) is 4.87. The average molecular weight is 186 g/mol. The van der Waals surface area contributed by atoms with Gasteiger partial charge in [0.1, 0.15) is 5.75 Å². The van der Waals surface area contributed by atoms with Gasteiger partial charge in [-0.1, -0.05) is 36.4 Å². The molecule has 0 radical (unpaired) electrons. The largest absolute Gasteiger partial charge is 0.497 e. The highest BCUT2D eigenvalue weighted by Crippen LogP contribution is 2.24. The summed E-state index contributed by atoms with van der Waals surface area (Å²) in [4.78, 5) is 0. The lowest BCUT2D eigenvalue weighted by molar-refractivity contribution is 0.414. The molecule has 1 aromatic carbocycles. The Kier molecular flexibility index (Phi) is 2.68. The Morgan fingerprint density at radius 3 is 2.29 bits per heavy atom. The summed E-state index contributed by atoms with van der Waals surface area (Å²) in [5.41, 5.74) is 1.32. The second-order valence-electron chi connectivity index (χ2n) is 3.39. The molecule has 1 nitrogen and oxygen atoms in total. The molecule has 0 spiro atoms. The van der Waals surface area contributed by atoms with Crippen molar-refractivity contribution in [3.05, 3.63) is 54.1 Å². The summed E-state index contributed by atoms with van der Waals surface area (Å²) in [6.07, 6.45) is 9.94. The van der Waals surface area contributed by atoms with E-state index in [2.05, 4.69) is 36.4 Å². The molecule has 0 saturated carbocycles. The first-order valence-electron chi connectivity index (χ1n) is 4.87. The SMILES string of the molecule is COc1ccc(C2C=CCC=C2)cc1. The van der Waals surface area contributed by atoms with Crippen LogP contribution in [0.15, 0.2) is 48.6 Å². The number of hydrogen-bond acceptors (Lipinski definition) is 1. The van der Waals surface area contributed by atoms with Crippen LogP contribution >= 0.6 is 0 Å². The fraction of sp³-hybridized carbons (Fsp3) is 0.231. The Bertz CT molecular complexity index is 334. The second-order valence-corrected chi connectivity index (χ2v) is 3.39. The van der Waals surface area contributed by atoms with Gasteiger partial charge in [-0.05, 0) is 24.1 Å². The van der Waals surface area contributed by atoms with Crippen molar-refractivity contribution in [2.24, 2.45) is 0 Å². The molecule has 1 aromatic rings. The van der Waals surface area contributed by atoms with Crippen LogP contribution in [0, 0.1) is 0 Å². The van der Waals surface area contributed by atoms with Crippen molar-refractivity contribution in [2.75, 3.05) is 7.11 Å². The third kappa shape index (κ3) is 1.87. The first kappa shape index (κ1) is 9.07. The maximum Gasteiger partial charge on any atom is 0.118 e. The molecule has 14 heavy (non-hydrogen) atoms. The molecule has 0 bridgehead atoms. The summed E-state index contributed by atoms with van der Waals surface area (Å²) in [6.45, 7) is 0. The molecule has 0 unspecified atom stereocenters. The molecule has 0 aromatic heterocycles. The molecule has 0 saturated heterocycles. The van der Waals surface area contributed by atoms with Crippen molar-refractivity contribution in [1.82, 2.24) is 0 Å². The topological polar surface area (TPSA) is 9.23 Å². The Balaban J connectivity index is 2.19. The highest BCUT2D eigenvalue weighted by atomic mass is 16.5. The minimum absolute atomic E-state index is 0.439. The van der Waals surface area contributed by atoms with Gasteiger partial charge in [0, 0.05) is 5.92 Å². The number of rotatable bonds is 2. The molecular weight excluding hydrogens is 172 g/mol. The van der Waals surface area contributed by atoms with Gasteiger partial charge in [0.15, 0.2) is 0 Å². The predicted octanol–water partition coefficient (Wildman–Crippen LogP) is 3.29. The van der Waals surface area contributed by atoms with Gasteiger partial charge < -0.3 is 4.74 Å². The predicted molar refractivity (Wildman–Crippen MR) is 58.6 cm³/mol. The molecule has 0 amide bonds. The van der Waals surface area contributed by atoms with Crippen LogP contribution in [-0.4, -0.2) is 7.11 Å². The van der Waals surface area contributed by atoms with Crippen LogP contribution in [0.2, 0.25) is 0 Å². The van der Waals surface area contributed by atoms with E-state index in [0.29, 0.717) is 5.92 Å². The van der Waals surface area contributed by atoms with Crippen molar-refractivity contribution in [1.29, 1.82) is 0 Å². The Labute approximate surface area is 84.7 Å². The molecule has 1 aliphatic rings. The minimum atomic E-state index is 0.439. The number of allylic oxidation sites excluding steroid dienone is 4. The van der Waals surface area contributed by atoms with Gasteiger partial charge in [-0.15, -0.1) is 0 Å². The highest BCUT2D eigenvalue weighted by molar-refractivity contribution is 5.35. The number of ether oxygens (including phenoxy) is 1. The van der Waals surface area contributed by atoms with E-state index < -0.39 is 0 Å². The van der Waals surface area contributed by atoms with Crippen molar-refractivity contribution in [2.45, 2.75) is 12.3 Å². The van der Waals surface area contributed by atoms with Crippen LogP contribution < -0.4 is 4.74 Å². The van der Waals surface area contributed by atoms with Crippen LogP contribution in [0.3, 0.4) is 0 Å². The van der Waals surface area contributed by atoms with Gasteiger partial charge in [-0.2, -0.15) is 0 Å². The van der Waals surface area contributed by atoms with Crippen LogP contribution in [0.1, 0.15) is 17.9 Å². The first-order chi connectivity index (χ1) is 6.90. The molecule has 1 aliphatic carbocycles. The zero-order valence-corrected chi connectivity index (χ0v) is 8.31. The van der Waals surface area contributed by atoms with E-state index in [1.807, 2.05) is 12.1 Å². The van der Waals surface area contributed by atoms with Gasteiger partial charge in [-0.25, -0.2) is 0 Å². The Morgan fingerprint density at radius 2 is 1.71 bits per heavy atom. The van der Waals surface area contributed by atoms with Gasteiger partial charge in [0.05, 0.1) is 7.11 Å². The standard InChI is InChI=1S/C13H14O/c1-14-13-9-7-12(8-10-13)11-5-3-2-4-6-11/h3-11H,2H2,1H3. The van der Waals surface area contributed by atoms with Gasteiger partial charge >= 0.3 is 0 Å². The summed E-state index contributed by atoms with van der Waals surface area (Å²) >= 11 is 0. The lowest BCUT2D eigenvalue weighted by Gasteiger charge is -2.11. The van der Waals surface area contributed by atoms with Gasteiger partial charge in [0.25, 0.3) is 0 Å². The Morgan fingerprint density at radius 1 is 1.07 bits per heavy atom. The molecule has 1 heteroatoms. The lowest BCUT2D eigenvalue weighted by atomic mass is 9.95. The van der Waals surface area contributed by atoms with Crippen LogP contribution in [0.5, 0.6) is 5.75 Å². The third-order valence-corrected chi connectivity index (χ3v) is 2.46. The van der Waals surface area contributed by atoms with Crippen molar-refractivity contribution in [3.8, 4) is 5.75 Å². The van der Waals surface area contributed by atoms with Crippen molar-refractivity contribution in [3.63, 3.8) is 0 Å². The fourth-order valence-corrected chi connectivity index (χ4v) is 1.64. The molecule has 0 heterocycles. The smallest absolute Gasteiger partial charge is 0.118 e. The molecule has 0 aliphatic heterocycles. The molecule has 0 N–H and O–H groups in total. The van der Waals surface area contributed by atoms with E-state index in [4.69, 9.17) is 4.74 Å². The van der Waals surface area contributed by atoms with E-state index in [0.717, 1.165) is 12.2 Å². The van der Waals surface area contributed by atoms with E-state index in [1.165, 1.54) is 5.56 Å². The zero-order chi connectivity index (χ0) is 9.80. The van der Waals surface area contributed by atoms with Crippen molar-refractivity contribution >= 4 is 0 Å². The fourth-order valence-electron chi connectivity index (χ4n) is 1.64.